The SMILES string of the molecule is Cc1cc(Br)cc(Br)c1OCC(=O)Nc1nc(-c2ccc(Br)cc2)cs1. The largest absolute Gasteiger partial charge is 0.482 e. The van der Waals surface area contributed by atoms with Crippen molar-refractivity contribution in [2.45, 2.75) is 6.92 Å². The van der Waals surface area contributed by atoms with Gasteiger partial charge in [0.25, 0.3) is 5.91 Å². The van der Waals surface area contributed by atoms with E-state index in [1.54, 1.807) is 0 Å². The van der Waals surface area contributed by atoms with E-state index in [0.717, 1.165) is 30.2 Å². The summed E-state index contributed by atoms with van der Waals surface area (Å²) in [4.78, 5) is 16.6. The van der Waals surface area contributed by atoms with Crippen LogP contribution in [0.2, 0.25) is 0 Å². The lowest BCUT2D eigenvalue weighted by Crippen LogP contribution is -2.20. The van der Waals surface area contributed by atoms with E-state index in [4.69, 9.17) is 4.74 Å². The second kappa shape index (κ2) is 8.65. The third-order valence-corrected chi connectivity index (χ3v) is 5.77. The number of anilines is 1. The molecule has 0 aliphatic carbocycles. The monoisotopic (exact) mass is 558 g/mol. The van der Waals surface area contributed by atoms with E-state index in [1.807, 2.05) is 48.7 Å². The number of hydrogen-bond donors (Lipinski definition) is 1. The number of amides is 1. The van der Waals surface area contributed by atoms with Gasteiger partial charge in [0.05, 0.1) is 10.2 Å². The molecule has 3 aromatic rings. The molecule has 4 nitrogen and oxygen atoms in total. The molecule has 3 rings (SSSR count). The molecule has 0 fully saturated rings. The van der Waals surface area contributed by atoms with Gasteiger partial charge in [-0.05, 0) is 52.7 Å². The maximum atomic E-state index is 12.2. The minimum atomic E-state index is -0.254. The smallest absolute Gasteiger partial charge is 0.264 e. The molecular formula is C18H13Br3N2O2S. The average Bonchev–Trinajstić information content (AvgIpc) is 3.03. The summed E-state index contributed by atoms with van der Waals surface area (Å²) < 4.78 is 8.41. The Morgan fingerprint density at radius 3 is 2.58 bits per heavy atom. The number of benzene rings is 2. The quantitative estimate of drug-likeness (QED) is 0.391. The van der Waals surface area contributed by atoms with Gasteiger partial charge in [0.15, 0.2) is 11.7 Å². The number of ether oxygens (including phenoxy) is 1. The van der Waals surface area contributed by atoms with Gasteiger partial charge in [0.1, 0.15) is 5.75 Å². The van der Waals surface area contributed by atoms with Gasteiger partial charge in [-0.25, -0.2) is 4.98 Å². The molecule has 0 bridgehead atoms. The highest BCUT2D eigenvalue weighted by Gasteiger charge is 2.12. The summed E-state index contributed by atoms with van der Waals surface area (Å²) in [6, 6.07) is 11.7. The van der Waals surface area contributed by atoms with Crippen molar-refractivity contribution < 1.29 is 9.53 Å². The molecule has 1 heterocycles. The van der Waals surface area contributed by atoms with Crippen LogP contribution in [0.15, 0.2) is 55.2 Å². The van der Waals surface area contributed by atoms with Crippen LogP contribution in [0.1, 0.15) is 5.56 Å². The zero-order valence-corrected chi connectivity index (χ0v) is 19.1. The topological polar surface area (TPSA) is 51.2 Å². The van der Waals surface area contributed by atoms with Crippen LogP contribution in [0, 0.1) is 6.92 Å². The molecule has 1 amide bonds. The summed E-state index contributed by atoms with van der Waals surface area (Å²) in [6.07, 6.45) is 0. The van der Waals surface area contributed by atoms with E-state index in [1.165, 1.54) is 11.3 Å². The van der Waals surface area contributed by atoms with E-state index < -0.39 is 0 Å². The summed E-state index contributed by atoms with van der Waals surface area (Å²) in [5.74, 6) is 0.397. The first-order valence-corrected chi connectivity index (χ1v) is 10.8. The Labute approximate surface area is 180 Å². The average molecular weight is 561 g/mol. The normalized spacial score (nSPS) is 10.6. The number of thiazole rings is 1. The van der Waals surface area contributed by atoms with Crippen LogP contribution in [0.5, 0.6) is 5.75 Å². The van der Waals surface area contributed by atoms with Crippen LogP contribution in [0.4, 0.5) is 5.13 Å². The van der Waals surface area contributed by atoms with E-state index in [0.29, 0.717) is 10.9 Å². The van der Waals surface area contributed by atoms with E-state index >= 15 is 0 Å². The predicted octanol–water partition coefficient (Wildman–Crippen LogP) is 6.42. The Balaban J connectivity index is 1.62. The maximum absolute atomic E-state index is 12.2. The van der Waals surface area contributed by atoms with Crippen LogP contribution < -0.4 is 10.1 Å². The van der Waals surface area contributed by atoms with Crippen LogP contribution >= 0.6 is 59.1 Å². The van der Waals surface area contributed by atoms with E-state index in [2.05, 4.69) is 58.1 Å². The summed E-state index contributed by atoms with van der Waals surface area (Å²) in [7, 11) is 0. The van der Waals surface area contributed by atoms with Crippen molar-refractivity contribution in [2.75, 3.05) is 11.9 Å². The minimum Gasteiger partial charge on any atom is -0.482 e. The maximum Gasteiger partial charge on any atom is 0.264 e. The first kappa shape index (κ1) is 19.5. The number of halogens is 3. The molecule has 0 saturated heterocycles. The molecule has 1 aromatic heterocycles. The van der Waals surface area contributed by atoms with Gasteiger partial charge in [-0.3, -0.25) is 10.1 Å². The molecule has 8 heteroatoms. The van der Waals surface area contributed by atoms with Gasteiger partial charge < -0.3 is 4.74 Å². The van der Waals surface area contributed by atoms with E-state index in [9.17, 15) is 4.79 Å². The number of carbonyl (C=O) groups is 1. The Morgan fingerprint density at radius 1 is 1.15 bits per heavy atom. The molecule has 0 atom stereocenters. The second-order valence-corrected chi connectivity index (χ2v) is 8.96. The molecule has 0 aliphatic heterocycles. The lowest BCUT2D eigenvalue weighted by molar-refractivity contribution is -0.118. The molecule has 1 N–H and O–H groups in total. The fraction of sp³-hybridized carbons (Fsp3) is 0.111. The van der Waals surface area contributed by atoms with Crippen LogP contribution in [0.3, 0.4) is 0 Å². The van der Waals surface area contributed by atoms with Gasteiger partial charge in [0.2, 0.25) is 0 Å². The second-order valence-electron chi connectivity index (χ2n) is 5.42. The summed E-state index contributed by atoms with van der Waals surface area (Å²) >= 11 is 11.7. The first-order valence-electron chi connectivity index (χ1n) is 7.52. The van der Waals surface area contributed by atoms with Gasteiger partial charge >= 0.3 is 0 Å². The first-order chi connectivity index (χ1) is 12.4. The van der Waals surface area contributed by atoms with Gasteiger partial charge in [0, 0.05) is 19.9 Å². The highest BCUT2D eigenvalue weighted by molar-refractivity contribution is 9.11. The van der Waals surface area contributed by atoms with Crippen molar-refractivity contribution >= 4 is 70.2 Å². The third-order valence-electron chi connectivity index (χ3n) is 3.43. The van der Waals surface area contributed by atoms with Gasteiger partial charge in [-0.1, -0.05) is 44.0 Å². The Morgan fingerprint density at radius 2 is 1.88 bits per heavy atom. The van der Waals surface area contributed by atoms with Crippen LogP contribution in [-0.2, 0) is 4.79 Å². The molecule has 0 spiro atoms. The van der Waals surface area contributed by atoms with Crippen molar-refractivity contribution in [1.82, 2.24) is 4.98 Å². The summed E-state index contributed by atoms with van der Waals surface area (Å²) in [5, 5.41) is 5.23. The van der Waals surface area contributed by atoms with Crippen LogP contribution in [0.25, 0.3) is 11.3 Å². The lowest BCUT2D eigenvalue weighted by Gasteiger charge is -2.11. The highest BCUT2D eigenvalue weighted by atomic mass is 79.9. The number of aromatic nitrogens is 1. The Bertz CT molecular complexity index is 919. The standard InChI is InChI=1S/C18H13Br3N2O2S/c1-10-6-13(20)7-14(21)17(10)25-8-16(24)23-18-22-15(9-26-18)11-2-4-12(19)5-3-11/h2-7,9H,8H2,1H3,(H,22,23,24). The molecule has 26 heavy (non-hydrogen) atoms. The molecule has 0 aliphatic rings. The van der Waals surface area contributed by atoms with Crippen molar-refractivity contribution in [3.8, 4) is 17.0 Å². The predicted molar refractivity (Wildman–Crippen MR) is 116 cm³/mol. The van der Waals surface area contributed by atoms with Crippen molar-refractivity contribution in [1.29, 1.82) is 0 Å². The number of aryl methyl sites for hydroxylation is 1. The molecular weight excluding hydrogens is 548 g/mol. The zero-order chi connectivity index (χ0) is 18.7. The number of rotatable bonds is 5. The molecule has 0 unspecified atom stereocenters. The summed E-state index contributed by atoms with van der Waals surface area (Å²) in [5.41, 5.74) is 2.76. The van der Waals surface area contributed by atoms with Gasteiger partial charge in [-0.2, -0.15) is 0 Å². The van der Waals surface area contributed by atoms with Crippen molar-refractivity contribution in [3.05, 3.63) is 60.8 Å². The number of nitrogens with zero attached hydrogens (tertiary/aromatic N) is 1. The highest BCUT2D eigenvalue weighted by Crippen LogP contribution is 2.32. The number of nitrogens with one attached hydrogen (secondary N) is 1. The Kier molecular flexibility index (Phi) is 6.50. The fourth-order valence-electron chi connectivity index (χ4n) is 2.25. The lowest BCUT2D eigenvalue weighted by atomic mass is 10.2. The molecule has 2 aromatic carbocycles. The summed E-state index contributed by atoms with van der Waals surface area (Å²) in [6.45, 7) is 1.84. The molecule has 0 radical (unpaired) electrons. The fourth-order valence-corrected chi connectivity index (χ4v) is 4.80. The number of hydrogen-bond acceptors (Lipinski definition) is 4. The third kappa shape index (κ3) is 4.94. The zero-order valence-electron chi connectivity index (χ0n) is 13.6. The van der Waals surface area contributed by atoms with Crippen molar-refractivity contribution in [2.24, 2.45) is 0 Å². The van der Waals surface area contributed by atoms with Gasteiger partial charge in [-0.15, -0.1) is 11.3 Å². The molecule has 134 valence electrons. The number of carbonyl (C=O) groups excluding carboxylic acids is 1. The van der Waals surface area contributed by atoms with Crippen molar-refractivity contribution in [3.63, 3.8) is 0 Å². The molecule has 0 saturated carbocycles. The Hall–Kier alpha value is -1.22. The van der Waals surface area contributed by atoms with Crippen LogP contribution in [-0.4, -0.2) is 17.5 Å². The van der Waals surface area contributed by atoms with E-state index in [-0.39, 0.29) is 12.5 Å². The minimum absolute atomic E-state index is 0.0890.